The van der Waals surface area contributed by atoms with Gasteiger partial charge in [-0.3, -0.25) is 14.2 Å². The second-order valence-corrected chi connectivity index (χ2v) is 9.57. The highest BCUT2D eigenvalue weighted by Crippen LogP contribution is 2.39. The monoisotopic (exact) mass is 460 g/mol. The molecule has 1 aromatic carbocycles. The number of aliphatic hydroxyl groups excluding tert-OH is 2. The molecule has 5 N–H and O–H groups in total. The Morgan fingerprint density at radius 1 is 1.18 bits per heavy atom. The zero-order chi connectivity index (χ0) is 24.3. The van der Waals surface area contributed by atoms with Crippen LogP contribution in [0.5, 0.6) is 0 Å². The van der Waals surface area contributed by atoms with E-state index < -0.39 is 30.9 Å². The summed E-state index contributed by atoms with van der Waals surface area (Å²) in [6.07, 6.45) is 2.80. The van der Waals surface area contributed by atoms with Crippen molar-refractivity contribution < 1.29 is 19.8 Å². The van der Waals surface area contributed by atoms with Gasteiger partial charge in [-0.15, -0.1) is 0 Å². The van der Waals surface area contributed by atoms with Crippen LogP contribution in [0.1, 0.15) is 55.2 Å². The van der Waals surface area contributed by atoms with Crippen LogP contribution in [0, 0.1) is 23.7 Å². The Kier molecular flexibility index (Phi) is 8.10. The molecule has 9 heteroatoms. The molecule has 0 bridgehead atoms. The summed E-state index contributed by atoms with van der Waals surface area (Å²) in [5.74, 6) is 0.0542. The predicted octanol–water partition coefficient (Wildman–Crippen LogP) is 1.19. The summed E-state index contributed by atoms with van der Waals surface area (Å²) in [4.78, 5) is 39.7. The van der Waals surface area contributed by atoms with Crippen molar-refractivity contribution >= 4 is 22.8 Å². The zero-order valence-electron chi connectivity index (χ0n) is 19.7. The van der Waals surface area contributed by atoms with E-state index in [4.69, 9.17) is 5.73 Å². The van der Waals surface area contributed by atoms with Crippen LogP contribution in [0.15, 0.2) is 23.0 Å². The number of rotatable bonds is 8. The molecule has 1 aromatic heterocycles. The van der Waals surface area contributed by atoms with Crippen molar-refractivity contribution in [1.29, 1.82) is 0 Å². The highest BCUT2D eigenvalue weighted by Gasteiger charge is 2.37. The highest BCUT2D eigenvalue weighted by molar-refractivity contribution is 5.99. The molecule has 1 fully saturated rings. The second kappa shape index (κ2) is 10.6. The molecule has 1 aliphatic carbocycles. The molecule has 1 heterocycles. The lowest BCUT2D eigenvalue weighted by Gasteiger charge is -2.36. The lowest BCUT2D eigenvalue weighted by atomic mass is 9.69. The van der Waals surface area contributed by atoms with Gasteiger partial charge in [-0.2, -0.15) is 0 Å². The fourth-order valence-electron chi connectivity index (χ4n) is 5.02. The van der Waals surface area contributed by atoms with Crippen LogP contribution in [-0.2, 0) is 6.54 Å². The van der Waals surface area contributed by atoms with Crippen molar-refractivity contribution in [2.75, 3.05) is 19.8 Å². The molecule has 0 unspecified atom stereocenters. The summed E-state index contributed by atoms with van der Waals surface area (Å²) in [6, 6.07) is 3.93. The maximum absolute atomic E-state index is 13.7. The number of nitrogens with two attached hydrogens (primary N) is 1. The summed E-state index contributed by atoms with van der Waals surface area (Å²) in [5, 5.41) is 21.0. The van der Waals surface area contributed by atoms with E-state index in [0.29, 0.717) is 22.9 Å². The van der Waals surface area contributed by atoms with Gasteiger partial charge in [0.1, 0.15) is 0 Å². The van der Waals surface area contributed by atoms with Gasteiger partial charge in [-0.1, -0.05) is 27.2 Å². The number of hydrogen-bond donors (Lipinski definition) is 4. The van der Waals surface area contributed by atoms with Gasteiger partial charge < -0.3 is 21.3 Å². The van der Waals surface area contributed by atoms with Crippen LogP contribution in [0.3, 0.4) is 0 Å². The first-order valence-electron chi connectivity index (χ1n) is 11.8. The van der Waals surface area contributed by atoms with E-state index in [1.165, 1.54) is 9.13 Å². The lowest BCUT2D eigenvalue weighted by Crippen LogP contribution is -2.40. The van der Waals surface area contributed by atoms with Crippen LogP contribution in [0.2, 0.25) is 0 Å². The molecular formula is C24H36N4O5. The highest BCUT2D eigenvalue weighted by atomic mass is 16.3. The van der Waals surface area contributed by atoms with Crippen LogP contribution >= 0.6 is 0 Å². The first-order valence-corrected chi connectivity index (χ1v) is 11.8. The normalized spacial score (nSPS) is 21.2. The summed E-state index contributed by atoms with van der Waals surface area (Å²) in [6.45, 7) is 6.01. The number of imidazole rings is 1. The molecule has 33 heavy (non-hydrogen) atoms. The first-order chi connectivity index (χ1) is 15.7. The zero-order valence-corrected chi connectivity index (χ0v) is 19.7. The van der Waals surface area contributed by atoms with E-state index in [1.54, 1.807) is 18.2 Å². The Labute approximate surface area is 193 Å². The molecule has 2 aromatic rings. The first kappa shape index (κ1) is 25.1. The van der Waals surface area contributed by atoms with Gasteiger partial charge >= 0.3 is 5.69 Å². The Morgan fingerprint density at radius 3 is 2.48 bits per heavy atom. The Balaban J connectivity index is 2.07. The van der Waals surface area contributed by atoms with Gasteiger partial charge in [0.2, 0.25) is 5.91 Å². The molecule has 0 spiro atoms. The van der Waals surface area contributed by atoms with Crippen molar-refractivity contribution in [3.05, 3.63) is 34.2 Å². The van der Waals surface area contributed by atoms with Crippen LogP contribution in [0.4, 0.5) is 0 Å². The average molecular weight is 461 g/mol. The van der Waals surface area contributed by atoms with Gasteiger partial charge in [0.05, 0.1) is 30.3 Å². The predicted molar refractivity (Wildman–Crippen MR) is 126 cm³/mol. The molecule has 3 atom stereocenters. The van der Waals surface area contributed by atoms with E-state index in [-0.39, 0.29) is 36.4 Å². The lowest BCUT2D eigenvalue weighted by molar-refractivity contribution is 0.0633. The quantitative estimate of drug-likeness (QED) is 0.467. The summed E-state index contributed by atoms with van der Waals surface area (Å²) < 4.78 is 2.70. The maximum atomic E-state index is 13.7. The maximum Gasteiger partial charge on any atom is 0.336 e. The standard InChI is InChI=1S/C24H36N4O5/c1-14(2)18-6-4-15(3)10-19(18)23(32)28-20-7-5-16(22(31)26-17(12-29)13-30)11-21(20)27(9-8-25)24(28)33/h5,7,11,14-15,17-19,29-30H,4,6,8-10,12-13,25H2,1-3H3,(H,26,31)/t15-,18+,19-/m1/s1. The smallest absolute Gasteiger partial charge is 0.336 e. The minimum absolute atomic E-state index is 0.191. The van der Waals surface area contributed by atoms with Crippen LogP contribution < -0.4 is 16.7 Å². The molecule has 0 radical (unpaired) electrons. The number of nitrogens with zero attached hydrogens (tertiary/aromatic N) is 2. The Bertz CT molecular complexity index is 1050. The van der Waals surface area contributed by atoms with Crippen LogP contribution in [-0.4, -0.2) is 57.0 Å². The molecule has 182 valence electrons. The molecule has 1 saturated carbocycles. The number of amides is 1. The van der Waals surface area contributed by atoms with E-state index in [0.717, 1.165) is 19.3 Å². The summed E-state index contributed by atoms with van der Waals surface area (Å²) >= 11 is 0. The molecule has 1 aliphatic rings. The number of carbonyl (C=O) groups excluding carboxylic acids is 2. The van der Waals surface area contributed by atoms with Gasteiger partial charge in [-0.25, -0.2) is 9.36 Å². The Hall–Kier alpha value is -2.49. The van der Waals surface area contributed by atoms with E-state index in [1.807, 2.05) is 0 Å². The third-order valence-electron chi connectivity index (χ3n) is 6.88. The van der Waals surface area contributed by atoms with Gasteiger partial charge in [0.25, 0.3) is 5.91 Å². The van der Waals surface area contributed by atoms with E-state index >= 15 is 0 Å². The summed E-state index contributed by atoms with van der Waals surface area (Å²) in [5.41, 5.74) is 6.47. The third-order valence-corrected chi connectivity index (χ3v) is 6.88. The number of nitrogens with one attached hydrogen (secondary N) is 1. The fraction of sp³-hybridized carbons (Fsp3) is 0.625. The van der Waals surface area contributed by atoms with Gasteiger partial charge in [-0.05, 0) is 48.8 Å². The molecule has 1 amide bonds. The average Bonchev–Trinajstić information content (AvgIpc) is 3.07. The molecule has 9 nitrogen and oxygen atoms in total. The summed E-state index contributed by atoms with van der Waals surface area (Å²) in [7, 11) is 0. The number of aromatic nitrogens is 2. The van der Waals surface area contributed by atoms with Crippen molar-refractivity contribution in [2.45, 2.75) is 52.6 Å². The van der Waals surface area contributed by atoms with E-state index in [9.17, 15) is 24.6 Å². The van der Waals surface area contributed by atoms with Crippen molar-refractivity contribution in [3.63, 3.8) is 0 Å². The van der Waals surface area contributed by atoms with Crippen LogP contribution in [0.25, 0.3) is 11.0 Å². The molecular weight excluding hydrogens is 424 g/mol. The number of aliphatic hydroxyl groups is 2. The minimum Gasteiger partial charge on any atom is -0.394 e. The SMILES string of the molecule is CC(C)[C@@H]1CC[C@@H](C)C[C@H]1C(=O)n1c(=O)n(CCN)c2cc(C(=O)NC(CO)CO)ccc21. The van der Waals surface area contributed by atoms with Crippen molar-refractivity contribution in [2.24, 2.45) is 29.4 Å². The molecule has 3 rings (SSSR count). The van der Waals surface area contributed by atoms with E-state index in [2.05, 4.69) is 26.1 Å². The van der Waals surface area contributed by atoms with Crippen molar-refractivity contribution in [1.82, 2.24) is 14.5 Å². The second-order valence-electron chi connectivity index (χ2n) is 9.57. The topological polar surface area (TPSA) is 140 Å². The third kappa shape index (κ3) is 5.05. The van der Waals surface area contributed by atoms with Crippen molar-refractivity contribution in [3.8, 4) is 0 Å². The fourth-order valence-corrected chi connectivity index (χ4v) is 5.02. The largest absolute Gasteiger partial charge is 0.394 e. The number of benzene rings is 1. The number of fused-ring (bicyclic) bond motifs is 1. The van der Waals surface area contributed by atoms with Gasteiger partial charge in [0, 0.05) is 24.6 Å². The Morgan fingerprint density at radius 2 is 1.88 bits per heavy atom. The van der Waals surface area contributed by atoms with Gasteiger partial charge in [0.15, 0.2) is 0 Å². The number of hydrogen-bond acceptors (Lipinski definition) is 6. The molecule has 0 aliphatic heterocycles. The molecule has 0 saturated heterocycles. The minimum atomic E-state index is -0.785. The number of carbonyl (C=O) groups is 2.